The van der Waals surface area contributed by atoms with Crippen molar-refractivity contribution >= 4 is 17.6 Å². The molecule has 0 saturated carbocycles. The molecule has 0 aliphatic rings. The predicted octanol–water partition coefficient (Wildman–Crippen LogP) is 3.82. The normalized spacial score (nSPS) is 10.5. The number of halogens is 1. The van der Waals surface area contributed by atoms with Crippen molar-refractivity contribution in [1.82, 2.24) is 0 Å². The molecule has 26 heavy (non-hydrogen) atoms. The molecule has 0 unspecified atom stereocenters. The van der Waals surface area contributed by atoms with Gasteiger partial charge < -0.3 is 14.8 Å². The Labute approximate surface area is 152 Å². The highest BCUT2D eigenvalue weighted by Gasteiger charge is 2.14. The van der Waals surface area contributed by atoms with E-state index in [0.29, 0.717) is 0 Å². The van der Waals surface area contributed by atoms with E-state index in [0.717, 1.165) is 16.8 Å². The Morgan fingerprint density at radius 3 is 2.50 bits per heavy atom. The van der Waals surface area contributed by atoms with E-state index in [9.17, 15) is 14.0 Å². The van der Waals surface area contributed by atoms with Gasteiger partial charge in [-0.15, -0.1) is 0 Å². The van der Waals surface area contributed by atoms with Crippen LogP contribution < -0.4 is 10.1 Å². The molecule has 2 rings (SSSR count). The zero-order chi connectivity index (χ0) is 19.1. The molecule has 2 aromatic rings. The number of hydrogen-bond donors (Lipinski definition) is 1. The van der Waals surface area contributed by atoms with Gasteiger partial charge in [0.05, 0.1) is 0 Å². The molecule has 0 fully saturated rings. The van der Waals surface area contributed by atoms with Gasteiger partial charge in [0.15, 0.2) is 24.8 Å². The van der Waals surface area contributed by atoms with Crippen LogP contribution in [-0.2, 0) is 14.3 Å². The van der Waals surface area contributed by atoms with Gasteiger partial charge in [-0.25, -0.2) is 9.18 Å². The minimum Gasteiger partial charge on any atom is -0.479 e. The van der Waals surface area contributed by atoms with Crippen molar-refractivity contribution in [3.05, 3.63) is 59.4 Å². The van der Waals surface area contributed by atoms with Crippen LogP contribution in [0.4, 0.5) is 10.1 Å². The van der Waals surface area contributed by atoms with Crippen LogP contribution in [0.1, 0.15) is 30.9 Å². The average molecular weight is 359 g/mol. The standard InChI is InChI=1S/C20H22FNO4/c1-13(2)15-8-6-7-14(3)20(15)22-18(23)11-26-19(24)12-25-17-10-5-4-9-16(17)21/h4-10,13H,11-12H2,1-3H3,(H,22,23). The molecule has 0 aliphatic carbocycles. The van der Waals surface area contributed by atoms with Crippen molar-refractivity contribution in [2.75, 3.05) is 18.5 Å². The summed E-state index contributed by atoms with van der Waals surface area (Å²) in [6.45, 7) is 5.05. The smallest absolute Gasteiger partial charge is 0.344 e. The monoisotopic (exact) mass is 359 g/mol. The Balaban J connectivity index is 1.85. The Bertz CT molecular complexity index is 789. The lowest BCUT2D eigenvalue weighted by atomic mass is 9.98. The van der Waals surface area contributed by atoms with Crippen LogP contribution >= 0.6 is 0 Å². The SMILES string of the molecule is Cc1cccc(C(C)C)c1NC(=O)COC(=O)COc1ccccc1F. The molecule has 0 spiro atoms. The van der Waals surface area contributed by atoms with Crippen LogP contribution in [0.25, 0.3) is 0 Å². The van der Waals surface area contributed by atoms with E-state index in [1.54, 1.807) is 6.07 Å². The van der Waals surface area contributed by atoms with Gasteiger partial charge in [-0.1, -0.05) is 44.2 Å². The van der Waals surface area contributed by atoms with Gasteiger partial charge in [-0.05, 0) is 36.1 Å². The first-order valence-electron chi connectivity index (χ1n) is 8.30. The summed E-state index contributed by atoms with van der Waals surface area (Å²) in [7, 11) is 0. The third-order valence-corrected chi connectivity index (χ3v) is 3.74. The number of amides is 1. The first-order chi connectivity index (χ1) is 12.4. The molecule has 0 aromatic heterocycles. The Kier molecular flexibility index (Phi) is 6.72. The molecule has 6 heteroatoms. The van der Waals surface area contributed by atoms with E-state index in [2.05, 4.69) is 5.32 Å². The number of aryl methyl sites for hydroxylation is 1. The quantitative estimate of drug-likeness (QED) is 0.764. The molecule has 0 heterocycles. The number of carbonyl (C=O) groups is 2. The van der Waals surface area contributed by atoms with Gasteiger partial charge in [-0.3, -0.25) is 4.79 Å². The minimum absolute atomic E-state index is 0.0459. The summed E-state index contributed by atoms with van der Waals surface area (Å²) in [6, 6.07) is 11.5. The number of ether oxygens (including phenoxy) is 2. The van der Waals surface area contributed by atoms with Gasteiger partial charge in [0.2, 0.25) is 0 Å². The summed E-state index contributed by atoms with van der Waals surface area (Å²) in [4.78, 5) is 23.8. The molecule has 1 amide bonds. The van der Waals surface area contributed by atoms with Crippen molar-refractivity contribution in [1.29, 1.82) is 0 Å². The van der Waals surface area contributed by atoms with E-state index in [1.165, 1.54) is 18.2 Å². The molecule has 0 radical (unpaired) electrons. The molecule has 0 saturated heterocycles. The van der Waals surface area contributed by atoms with Gasteiger partial charge in [0.1, 0.15) is 0 Å². The average Bonchev–Trinajstić information content (AvgIpc) is 2.60. The van der Waals surface area contributed by atoms with E-state index < -0.39 is 30.9 Å². The number of hydrogen-bond acceptors (Lipinski definition) is 4. The summed E-state index contributed by atoms with van der Waals surface area (Å²) in [5.74, 6) is -1.58. The van der Waals surface area contributed by atoms with Crippen LogP contribution in [0.2, 0.25) is 0 Å². The van der Waals surface area contributed by atoms with E-state index in [-0.39, 0.29) is 11.7 Å². The number of esters is 1. The lowest BCUT2D eigenvalue weighted by molar-refractivity contribution is -0.149. The number of anilines is 1. The van der Waals surface area contributed by atoms with Crippen molar-refractivity contribution in [3.63, 3.8) is 0 Å². The predicted molar refractivity (Wildman–Crippen MR) is 96.8 cm³/mol. The van der Waals surface area contributed by atoms with Crippen LogP contribution in [-0.4, -0.2) is 25.1 Å². The highest BCUT2D eigenvalue weighted by Crippen LogP contribution is 2.27. The lowest BCUT2D eigenvalue weighted by Gasteiger charge is -2.16. The topological polar surface area (TPSA) is 64.6 Å². The van der Waals surface area contributed by atoms with E-state index in [1.807, 2.05) is 39.0 Å². The molecular formula is C20H22FNO4. The third-order valence-electron chi connectivity index (χ3n) is 3.74. The van der Waals surface area contributed by atoms with Crippen molar-refractivity contribution in [3.8, 4) is 5.75 Å². The highest BCUT2D eigenvalue weighted by atomic mass is 19.1. The van der Waals surface area contributed by atoms with Crippen LogP contribution in [0.3, 0.4) is 0 Å². The van der Waals surface area contributed by atoms with Crippen molar-refractivity contribution in [2.24, 2.45) is 0 Å². The Morgan fingerprint density at radius 2 is 1.81 bits per heavy atom. The molecule has 0 atom stereocenters. The second kappa shape index (κ2) is 8.99. The number of nitrogens with one attached hydrogen (secondary N) is 1. The Hall–Kier alpha value is -2.89. The molecule has 1 N–H and O–H groups in total. The maximum absolute atomic E-state index is 13.4. The first-order valence-corrected chi connectivity index (χ1v) is 8.30. The van der Waals surface area contributed by atoms with Crippen LogP contribution in [0, 0.1) is 12.7 Å². The first kappa shape index (κ1) is 19.4. The highest BCUT2D eigenvalue weighted by molar-refractivity contribution is 5.94. The summed E-state index contributed by atoms with van der Waals surface area (Å²) < 4.78 is 23.3. The molecule has 0 aliphatic heterocycles. The fraction of sp³-hybridized carbons (Fsp3) is 0.300. The van der Waals surface area contributed by atoms with E-state index in [4.69, 9.17) is 9.47 Å². The molecule has 0 bridgehead atoms. The van der Waals surface area contributed by atoms with Crippen LogP contribution in [0.15, 0.2) is 42.5 Å². The van der Waals surface area contributed by atoms with Gasteiger partial charge in [-0.2, -0.15) is 0 Å². The van der Waals surface area contributed by atoms with Crippen LogP contribution in [0.5, 0.6) is 5.75 Å². The minimum atomic E-state index is -0.753. The van der Waals surface area contributed by atoms with Crippen molar-refractivity contribution < 1.29 is 23.5 Å². The van der Waals surface area contributed by atoms with Crippen molar-refractivity contribution in [2.45, 2.75) is 26.7 Å². The molecule has 2 aromatic carbocycles. The summed E-state index contributed by atoms with van der Waals surface area (Å²) >= 11 is 0. The summed E-state index contributed by atoms with van der Waals surface area (Å²) in [5, 5.41) is 2.78. The summed E-state index contributed by atoms with van der Waals surface area (Å²) in [5.41, 5.74) is 2.66. The molecule has 138 valence electrons. The molecular weight excluding hydrogens is 337 g/mol. The fourth-order valence-electron chi connectivity index (χ4n) is 2.40. The maximum atomic E-state index is 13.4. The second-order valence-corrected chi connectivity index (χ2v) is 6.12. The van der Waals surface area contributed by atoms with Gasteiger partial charge in [0, 0.05) is 5.69 Å². The largest absolute Gasteiger partial charge is 0.479 e. The fourth-order valence-corrected chi connectivity index (χ4v) is 2.40. The number of carbonyl (C=O) groups excluding carboxylic acids is 2. The zero-order valence-electron chi connectivity index (χ0n) is 15.0. The second-order valence-electron chi connectivity index (χ2n) is 6.12. The zero-order valence-corrected chi connectivity index (χ0v) is 15.0. The maximum Gasteiger partial charge on any atom is 0.344 e. The van der Waals surface area contributed by atoms with Gasteiger partial charge >= 0.3 is 5.97 Å². The lowest BCUT2D eigenvalue weighted by Crippen LogP contribution is -2.24. The number of rotatable bonds is 7. The van der Waals surface area contributed by atoms with E-state index >= 15 is 0 Å². The Morgan fingerprint density at radius 1 is 1.08 bits per heavy atom. The van der Waals surface area contributed by atoms with Gasteiger partial charge in [0.25, 0.3) is 5.91 Å². The molecule has 5 nitrogen and oxygen atoms in total. The number of para-hydroxylation sites is 2. The third kappa shape index (κ3) is 5.31. The number of benzene rings is 2. The summed E-state index contributed by atoms with van der Waals surface area (Å²) in [6.07, 6.45) is 0.